The van der Waals surface area contributed by atoms with Crippen LogP contribution in [0.2, 0.25) is 0 Å². The first kappa shape index (κ1) is 16.5. The van der Waals surface area contributed by atoms with Gasteiger partial charge in [0.05, 0.1) is 0 Å². The molecular formula is C16H34N2OSi. The number of piperidine rings is 2. The maximum atomic E-state index is 6.32. The Morgan fingerprint density at radius 2 is 1.20 bits per heavy atom. The average molecular weight is 299 g/mol. The van der Waals surface area contributed by atoms with Gasteiger partial charge in [0.25, 0.3) is 0 Å². The van der Waals surface area contributed by atoms with Crippen LogP contribution in [0.25, 0.3) is 0 Å². The normalized spacial score (nSPS) is 37.6. The van der Waals surface area contributed by atoms with Crippen LogP contribution in [0.5, 0.6) is 0 Å². The summed E-state index contributed by atoms with van der Waals surface area (Å²) in [4.78, 5) is 5.33. The van der Waals surface area contributed by atoms with E-state index >= 15 is 0 Å². The zero-order chi connectivity index (χ0) is 14.7. The summed E-state index contributed by atoms with van der Waals surface area (Å²) in [5.74, 6) is 0. The average Bonchev–Trinajstić information content (AvgIpc) is 2.38. The summed E-state index contributed by atoms with van der Waals surface area (Å²) in [7, 11) is 1.13. The standard InChI is InChI=1S/C16H34N2OSi/c1-12-7-5-8-13(2)17(12)16(19-11-20)18-14(3)9-6-10-15(18)4/h12-16H,5-11H2,1-4,20H3/t12-,13+,14-,15+. The lowest BCUT2D eigenvalue weighted by molar-refractivity contribution is -0.204. The van der Waals surface area contributed by atoms with E-state index in [9.17, 15) is 0 Å². The van der Waals surface area contributed by atoms with Gasteiger partial charge in [-0.3, -0.25) is 9.80 Å². The molecule has 2 fully saturated rings. The van der Waals surface area contributed by atoms with Crippen LogP contribution >= 0.6 is 0 Å². The molecule has 0 aromatic heterocycles. The van der Waals surface area contributed by atoms with Gasteiger partial charge in [-0.05, 0) is 53.4 Å². The molecule has 0 N–H and O–H groups in total. The van der Waals surface area contributed by atoms with Gasteiger partial charge < -0.3 is 4.74 Å². The second-order valence-electron chi connectivity index (χ2n) is 6.93. The lowest BCUT2D eigenvalue weighted by Crippen LogP contribution is -2.62. The smallest absolute Gasteiger partial charge is 0.168 e. The van der Waals surface area contributed by atoms with Crippen LogP contribution in [-0.2, 0) is 4.74 Å². The predicted molar refractivity (Wildman–Crippen MR) is 88.9 cm³/mol. The maximum Gasteiger partial charge on any atom is 0.168 e. The molecule has 0 saturated carbocycles. The molecule has 0 amide bonds. The number of ether oxygens (including phenoxy) is 1. The molecule has 0 aliphatic carbocycles. The van der Waals surface area contributed by atoms with Crippen molar-refractivity contribution in [2.45, 2.75) is 96.7 Å². The molecule has 2 rings (SSSR count). The van der Waals surface area contributed by atoms with E-state index in [1.807, 2.05) is 0 Å². The summed E-state index contributed by atoms with van der Waals surface area (Å²) >= 11 is 0. The second-order valence-corrected chi connectivity index (χ2v) is 7.51. The van der Waals surface area contributed by atoms with Gasteiger partial charge in [-0.2, -0.15) is 0 Å². The molecule has 2 aliphatic rings. The molecule has 20 heavy (non-hydrogen) atoms. The van der Waals surface area contributed by atoms with E-state index in [0.717, 1.165) is 16.5 Å². The van der Waals surface area contributed by atoms with E-state index in [2.05, 4.69) is 37.5 Å². The first-order valence-corrected chi connectivity index (χ1v) is 10.1. The fraction of sp³-hybridized carbons (Fsp3) is 1.00. The number of hydrogen-bond donors (Lipinski definition) is 0. The van der Waals surface area contributed by atoms with Crippen molar-refractivity contribution in [3.8, 4) is 0 Å². The minimum absolute atomic E-state index is 0.211. The Kier molecular flexibility index (Phi) is 6.08. The fourth-order valence-electron chi connectivity index (χ4n) is 4.23. The number of likely N-dealkylation sites (tertiary alicyclic amines) is 2. The topological polar surface area (TPSA) is 15.7 Å². The van der Waals surface area contributed by atoms with Crippen LogP contribution < -0.4 is 0 Å². The van der Waals surface area contributed by atoms with Crippen molar-refractivity contribution >= 4 is 10.2 Å². The van der Waals surface area contributed by atoms with Crippen molar-refractivity contribution in [3.05, 3.63) is 0 Å². The van der Waals surface area contributed by atoms with Crippen LogP contribution in [0, 0.1) is 0 Å². The van der Waals surface area contributed by atoms with Gasteiger partial charge in [0.2, 0.25) is 0 Å². The minimum Gasteiger partial charge on any atom is -0.354 e. The van der Waals surface area contributed by atoms with Crippen molar-refractivity contribution in [3.63, 3.8) is 0 Å². The molecule has 0 unspecified atom stereocenters. The van der Waals surface area contributed by atoms with Crippen LogP contribution in [0.3, 0.4) is 0 Å². The Balaban J connectivity index is 2.19. The zero-order valence-electron chi connectivity index (χ0n) is 14.1. The molecule has 0 aromatic rings. The predicted octanol–water partition coefficient (Wildman–Crippen LogP) is 2.14. The molecule has 2 aliphatic heterocycles. The van der Waals surface area contributed by atoms with Gasteiger partial charge in [0.15, 0.2) is 6.35 Å². The molecule has 0 aromatic carbocycles. The van der Waals surface area contributed by atoms with Crippen molar-refractivity contribution in [1.29, 1.82) is 0 Å². The van der Waals surface area contributed by atoms with Crippen LogP contribution in [0.4, 0.5) is 0 Å². The molecule has 4 heteroatoms. The van der Waals surface area contributed by atoms with E-state index in [1.165, 1.54) is 38.5 Å². The van der Waals surface area contributed by atoms with Gasteiger partial charge >= 0.3 is 0 Å². The Hall–Kier alpha value is 0.0969. The van der Waals surface area contributed by atoms with Crippen LogP contribution in [0.15, 0.2) is 0 Å². The van der Waals surface area contributed by atoms with E-state index in [4.69, 9.17) is 4.74 Å². The Labute approximate surface area is 128 Å². The summed E-state index contributed by atoms with van der Waals surface area (Å²) in [5.41, 5.74) is 0. The monoisotopic (exact) mass is 298 g/mol. The number of rotatable bonds is 4. The third kappa shape index (κ3) is 3.46. The molecule has 3 nitrogen and oxygen atoms in total. The van der Waals surface area contributed by atoms with Crippen molar-refractivity contribution in [2.75, 3.05) is 6.23 Å². The second kappa shape index (κ2) is 7.39. The number of nitrogens with zero attached hydrogens (tertiary/aromatic N) is 2. The van der Waals surface area contributed by atoms with E-state index < -0.39 is 0 Å². The van der Waals surface area contributed by atoms with Crippen molar-refractivity contribution in [1.82, 2.24) is 9.80 Å². The summed E-state index contributed by atoms with van der Waals surface area (Å²) < 4.78 is 6.32. The highest BCUT2D eigenvalue weighted by Crippen LogP contribution is 2.32. The van der Waals surface area contributed by atoms with Crippen molar-refractivity contribution < 1.29 is 4.74 Å². The Bertz CT molecular complexity index is 256. The molecule has 2 heterocycles. The highest BCUT2D eigenvalue weighted by molar-refractivity contribution is 6.08. The maximum absolute atomic E-state index is 6.32. The largest absolute Gasteiger partial charge is 0.354 e. The van der Waals surface area contributed by atoms with E-state index in [-0.39, 0.29) is 6.35 Å². The van der Waals surface area contributed by atoms with Gasteiger partial charge in [0, 0.05) is 40.6 Å². The van der Waals surface area contributed by atoms with E-state index in [0.29, 0.717) is 24.2 Å². The minimum atomic E-state index is 0.211. The lowest BCUT2D eigenvalue weighted by atomic mass is 9.95. The Morgan fingerprint density at radius 1 is 0.850 bits per heavy atom. The SMILES string of the molecule is C[C@@H]1CCC[C@H](C)N1C(OC[SiH3])N1[C@H](C)CCC[C@@H]1C. The summed E-state index contributed by atoms with van der Waals surface area (Å²) in [6.45, 7) is 9.55. The summed E-state index contributed by atoms with van der Waals surface area (Å²) in [5, 5.41) is 0. The quantitative estimate of drug-likeness (QED) is 0.740. The molecule has 118 valence electrons. The zero-order valence-corrected chi connectivity index (χ0v) is 16.1. The fourth-order valence-corrected chi connectivity index (χ4v) is 4.53. The first-order chi connectivity index (χ1) is 9.56. The molecular weight excluding hydrogens is 264 g/mol. The van der Waals surface area contributed by atoms with Crippen LogP contribution in [0.1, 0.15) is 66.2 Å². The van der Waals surface area contributed by atoms with Crippen molar-refractivity contribution in [2.24, 2.45) is 0 Å². The summed E-state index contributed by atoms with van der Waals surface area (Å²) in [6.07, 6.45) is 9.18. The highest BCUT2D eigenvalue weighted by Gasteiger charge is 2.39. The first-order valence-electron chi connectivity index (χ1n) is 8.72. The van der Waals surface area contributed by atoms with Gasteiger partial charge in [-0.15, -0.1) is 0 Å². The number of hydrogen-bond acceptors (Lipinski definition) is 3. The Morgan fingerprint density at radius 3 is 1.50 bits per heavy atom. The molecule has 0 bridgehead atoms. The molecule has 0 radical (unpaired) electrons. The highest BCUT2D eigenvalue weighted by atomic mass is 28.1. The van der Waals surface area contributed by atoms with Gasteiger partial charge in [-0.25, -0.2) is 0 Å². The van der Waals surface area contributed by atoms with Gasteiger partial charge in [-0.1, -0.05) is 12.8 Å². The molecule has 0 spiro atoms. The summed E-state index contributed by atoms with van der Waals surface area (Å²) in [6, 6.07) is 2.60. The third-order valence-electron chi connectivity index (χ3n) is 5.35. The van der Waals surface area contributed by atoms with Gasteiger partial charge in [0.1, 0.15) is 0 Å². The third-order valence-corrected chi connectivity index (χ3v) is 5.68. The molecule has 2 saturated heterocycles. The lowest BCUT2D eigenvalue weighted by Gasteiger charge is -2.52. The molecule has 4 atom stereocenters. The van der Waals surface area contributed by atoms with E-state index in [1.54, 1.807) is 0 Å². The van der Waals surface area contributed by atoms with Crippen LogP contribution in [-0.4, -0.2) is 56.8 Å².